The van der Waals surface area contributed by atoms with Gasteiger partial charge in [0.2, 0.25) is 0 Å². The van der Waals surface area contributed by atoms with Gasteiger partial charge in [0.25, 0.3) is 5.91 Å². The monoisotopic (exact) mass is 345 g/mol. The largest absolute Gasteiger partial charge is 0.349 e. The molecule has 0 bridgehead atoms. The summed E-state index contributed by atoms with van der Waals surface area (Å²) in [6.07, 6.45) is 0.768. The molecule has 0 saturated carbocycles. The van der Waals surface area contributed by atoms with Crippen LogP contribution in [0.5, 0.6) is 0 Å². The molecule has 0 radical (unpaired) electrons. The highest BCUT2D eigenvalue weighted by molar-refractivity contribution is 9.10. The molecule has 1 amide bonds. The quantitative estimate of drug-likeness (QED) is 0.797. The maximum atomic E-state index is 12.4. The second-order valence-corrected chi connectivity index (χ2v) is 7.01. The molecule has 4 heteroatoms. The zero-order chi connectivity index (χ0) is 14.6. The van der Waals surface area contributed by atoms with Gasteiger partial charge in [0, 0.05) is 22.0 Å². The maximum Gasteiger partial charge on any atom is 0.251 e. The molecule has 0 fully saturated rings. The summed E-state index contributed by atoms with van der Waals surface area (Å²) >= 11 is 9.28. The fraction of sp³-hybridized carbons (Fsp3) is 0.533. The predicted octanol–water partition coefficient (Wildman–Crippen LogP) is 4.53. The molecule has 19 heavy (non-hydrogen) atoms. The number of halogens is 2. The van der Waals surface area contributed by atoms with Crippen molar-refractivity contribution < 1.29 is 4.79 Å². The van der Waals surface area contributed by atoms with E-state index in [-0.39, 0.29) is 17.4 Å². The third kappa shape index (κ3) is 4.50. The van der Waals surface area contributed by atoms with Crippen molar-refractivity contribution in [2.75, 3.05) is 5.88 Å². The maximum absolute atomic E-state index is 12.4. The lowest BCUT2D eigenvalue weighted by molar-refractivity contribution is 0.0900. The summed E-state index contributed by atoms with van der Waals surface area (Å²) in [4.78, 5) is 12.4. The third-order valence-corrected chi connectivity index (χ3v) is 4.34. The minimum atomic E-state index is -0.0381. The molecule has 0 aromatic heterocycles. The zero-order valence-corrected chi connectivity index (χ0v) is 14.2. The average Bonchev–Trinajstić information content (AvgIpc) is 2.30. The highest BCUT2D eigenvalue weighted by Gasteiger charge is 2.26. The Morgan fingerprint density at radius 3 is 2.58 bits per heavy atom. The number of alkyl halides is 1. The Kier molecular flexibility index (Phi) is 5.87. The van der Waals surface area contributed by atoms with Crippen LogP contribution in [0.3, 0.4) is 0 Å². The molecule has 0 aliphatic heterocycles. The van der Waals surface area contributed by atoms with Crippen molar-refractivity contribution in [3.05, 3.63) is 33.8 Å². The molecule has 106 valence electrons. The van der Waals surface area contributed by atoms with Gasteiger partial charge >= 0.3 is 0 Å². The normalized spacial score (nSPS) is 13.2. The fourth-order valence-electron chi connectivity index (χ4n) is 1.92. The highest BCUT2D eigenvalue weighted by atomic mass is 79.9. The molecule has 1 rings (SSSR count). The Morgan fingerprint density at radius 2 is 2.05 bits per heavy atom. The number of amides is 1. The van der Waals surface area contributed by atoms with Crippen molar-refractivity contribution in [3.8, 4) is 0 Å². The number of nitrogens with one attached hydrogen (secondary N) is 1. The van der Waals surface area contributed by atoms with E-state index in [1.807, 2.05) is 25.1 Å². The molecule has 1 aromatic rings. The summed E-state index contributed by atoms with van der Waals surface area (Å²) < 4.78 is 0.949. The smallest absolute Gasteiger partial charge is 0.251 e. The first-order valence-electron chi connectivity index (χ1n) is 6.39. The van der Waals surface area contributed by atoms with E-state index in [1.165, 1.54) is 0 Å². The Hall–Kier alpha value is -0.540. The van der Waals surface area contributed by atoms with Crippen LogP contribution in [-0.4, -0.2) is 17.8 Å². The van der Waals surface area contributed by atoms with Gasteiger partial charge in [-0.15, -0.1) is 11.6 Å². The van der Waals surface area contributed by atoms with Crippen LogP contribution in [0.25, 0.3) is 0 Å². The molecule has 1 atom stereocenters. The number of carbonyl (C=O) groups excluding carboxylic acids is 1. The van der Waals surface area contributed by atoms with Gasteiger partial charge in [0.1, 0.15) is 0 Å². The predicted molar refractivity (Wildman–Crippen MR) is 84.9 cm³/mol. The lowest BCUT2D eigenvalue weighted by atomic mass is 9.85. The summed E-state index contributed by atoms with van der Waals surface area (Å²) in [7, 11) is 0. The van der Waals surface area contributed by atoms with E-state index in [0.717, 1.165) is 16.5 Å². The van der Waals surface area contributed by atoms with Crippen molar-refractivity contribution in [1.29, 1.82) is 0 Å². The fourth-order valence-corrected chi connectivity index (χ4v) is 2.50. The summed E-state index contributed by atoms with van der Waals surface area (Å²) in [5.74, 6) is 0.503. The second-order valence-electron chi connectivity index (χ2n) is 5.78. The average molecular weight is 347 g/mol. The van der Waals surface area contributed by atoms with Gasteiger partial charge in [-0.25, -0.2) is 0 Å². The van der Waals surface area contributed by atoms with Crippen LogP contribution < -0.4 is 5.32 Å². The van der Waals surface area contributed by atoms with E-state index in [1.54, 1.807) is 0 Å². The minimum absolute atomic E-state index is 0.00946. The van der Waals surface area contributed by atoms with Crippen molar-refractivity contribution in [1.82, 2.24) is 5.32 Å². The molecule has 0 saturated heterocycles. The first-order chi connectivity index (χ1) is 8.77. The van der Waals surface area contributed by atoms with Gasteiger partial charge in [0.15, 0.2) is 0 Å². The molecule has 1 N–H and O–H groups in total. The molecule has 1 unspecified atom stereocenters. The highest BCUT2D eigenvalue weighted by Crippen LogP contribution is 2.24. The van der Waals surface area contributed by atoms with E-state index in [0.29, 0.717) is 11.4 Å². The summed E-state index contributed by atoms with van der Waals surface area (Å²) in [5.41, 5.74) is 1.65. The Balaban J connectivity index is 2.91. The molecule has 0 aliphatic carbocycles. The summed E-state index contributed by atoms with van der Waals surface area (Å²) in [5, 5.41) is 3.10. The van der Waals surface area contributed by atoms with Crippen LogP contribution in [0.15, 0.2) is 22.7 Å². The molecule has 2 nitrogen and oxygen atoms in total. The summed E-state index contributed by atoms with van der Waals surface area (Å²) in [6, 6.07) is 5.72. The van der Waals surface area contributed by atoms with Crippen LogP contribution in [0.4, 0.5) is 0 Å². The standard InChI is InChI=1S/C15H21BrClNO/c1-10-11(6-5-7-12(10)16)14(19)18-13(8-9-17)15(2,3)4/h5-7,13H,8-9H2,1-4H3,(H,18,19). The zero-order valence-electron chi connectivity index (χ0n) is 11.9. The number of carbonyl (C=O) groups is 1. The van der Waals surface area contributed by atoms with Crippen LogP contribution in [0.2, 0.25) is 0 Å². The molecule has 0 heterocycles. The van der Waals surface area contributed by atoms with E-state index < -0.39 is 0 Å². The van der Waals surface area contributed by atoms with Gasteiger partial charge < -0.3 is 5.32 Å². The lowest BCUT2D eigenvalue weighted by Gasteiger charge is -2.31. The number of hydrogen-bond acceptors (Lipinski definition) is 1. The first-order valence-corrected chi connectivity index (χ1v) is 7.72. The van der Waals surface area contributed by atoms with Crippen molar-refractivity contribution >= 4 is 33.4 Å². The SMILES string of the molecule is Cc1c(Br)cccc1C(=O)NC(CCCl)C(C)(C)C. The molecule has 1 aromatic carbocycles. The number of benzene rings is 1. The Morgan fingerprint density at radius 1 is 1.42 bits per heavy atom. The first kappa shape index (κ1) is 16.5. The van der Waals surface area contributed by atoms with Gasteiger partial charge in [-0.1, -0.05) is 42.8 Å². The second kappa shape index (κ2) is 6.76. The Labute approximate surface area is 129 Å². The number of rotatable bonds is 4. The van der Waals surface area contributed by atoms with Crippen LogP contribution >= 0.6 is 27.5 Å². The molecular weight excluding hydrogens is 326 g/mol. The molecule has 0 aliphatic rings. The molecular formula is C15H21BrClNO. The van der Waals surface area contributed by atoms with Crippen molar-refractivity contribution in [2.24, 2.45) is 5.41 Å². The lowest BCUT2D eigenvalue weighted by Crippen LogP contribution is -2.44. The van der Waals surface area contributed by atoms with Crippen LogP contribution in [0, 0.1) is 12.3 Å². The topological polar surface area (TPSA) is 29.1 Å². The van der Waals surface area contributed by atoms with Gasteiger partial charge in [-0.05, 0) is 36.5 Å². The van der Waals surface area contributed by atoms with Crippen molar-refractivity contribution in [3.63, 3.8) is 0 Å². The van der Waals surface area contributed by atoms with Crippen molar-refractivity contribution in [2.45, 2.75) is 40.2 Å². The van der Waals surface area contributed by atoms with E-state index in [2.05, 4.69) is 42.0 Å². The van der Waals surface area contributed by atoms with Gasteiger partial charge in [-0.3, -0.25) is 4.79 Å². The van der Waals surface area contributed by atoms with Crippen LogP contribution in [-0.2, 0) is 0 Å². The number of hydrogen-bond donors (Lipinski definition) is 1. The van der Waals surface area contributed by atoms with E-state index in [4.69, 9.17) is 11.6 Å². The third-order valence-electron chi connectivity index (χ3n) is 3.26. The summed E-state index contributed by atoms with van der Waals surface area (Å²) in [6.45, 7) is 8.27. The minimum Gasteiger partial charge on any atom is -0.349 e. The van der Waals surface area contributed by atoms with Crippen LogP contribution in [0.1, 0.15) is 43.1 Å². The van der Waals surface area contributed by atoms with E-state index in [9.17, 15) is 4.79 Å². The molecule has 0 spiro atoms. The van der Waals surface area contributed by atoms with Gasteiger partial charge in [0.05, 0.1) is 0 Å². The van der Waals surface area contributed by atoms with E-state index >= 15 is 0 Å². The Bertz CT molecular complexity index is 454. The van der Waals surface area contributed by atoms with Gasteiger partial charge in [-0.2, -0.15) is 0 Å².